The van der Waals surface area contributed by atoms with Gasteiger partial charge >= 0.3 is 5.97 Å². The highest BCUT2D eigenvalue weighted by molar-refractivity contribution is 5.75. The second-order valence-corrected chi connectivity index (χ2v) is 3.57. The second kappa shape index (κ2) is 5.22. The lowest BCUT2D eigenvalue weighted by Gasteiger charge is -2.21. The van der Waals surface area contributed by atoms with Crippen LogP contribution in [0.5, 0.6) is 0 Å². The van der Waals surface area contributed by atoms with Gasteiger partial charge in [0.15, 0.2) is 0 Å². The predicted molar refractivity (Wildman–Crippen MR) is 51.5 cm³/mol. The first-order valence-corrected chi connectivity index (χ1v) is 5.11. The molecule has 1 heterocycles. The Morgan fingerprint density at radius 2 is 2.38 bits per heavy atom. The first-order chi connectivity index (χ1) is 6.29. The van der Waals surface area contributed by atoms with E-state index in [-0.39, 0.29) is 12.0 Å². The van der Waals surface area contributed by atoms with E-state index in [2.05, 4.69) is 11.8 Å². The van der Waals surface area contributed by atoms with Crippen molar-refractivity contribution < 1.29 is 9.53 Å². The van der Waals surface area contributed by atoms with E-state index in [0.29, 0.717) is 0 Å². The third-order valence-electron chi connectivity index (χ3n) is 2.64. The van der Waals surface area contributed by atoms with Crippen LogP contribution in [0.25, 0.3) is 0 Å². The molecular weight excluding hydrogens is 166 g/mol. The smallest absolute Gasteiger partial charge is 0.323 e. The molecule has 0 aromatic carbocycles. The molecule has 0 unspecified atom stereocenters. The third-order valence-corrected chi connectivity index (χ3v) is 2.64. The third kappa shape index (κ3) is 2.69. The molecule has 1 aliphatic heterocycles. The molecule has 0 aromatic rings. The van der Waals surface area contributed by atoms with Gasteiger partial charge in [-0.3, -0.25) is 9.69 Å². The van der Waals surface area contributed by atoms with Crippen LogP contribution >= 0.6 is 0 Å². The van der Waals surface area contributed by atoms with Gasteiger partial charge in [-0.25, -0.2) is 0 Å². The lowest BCUT2D eigenvalue weighted by molar-refractivity contribution is -0.145. The van der Waals surface area contributed by atoms with Crippen molar-refractivity contribution in [3.05, 3.63) is 0 Å². The Labute approximate surface area is 80.1 Å². The number of likely N-dealkylation sites (tertiary alicyclic amines) is 1. The van der Waals surface area contributed by atoms with Gasteiger partial charge in [0, 0.05) is 0 Å². The molecule has 0 aliphatic carbocycles. The zero-order valence-corrected chi connectivity index (χ0v) is 8.58. The highest BCUT2D eigenvalue weighted by atomic mass is 16.5. The highest BCUT2D eigenvalue weighted by Gasteiger charge is 2.30. The fraction of sp³-hybridized carbons (Fsp3) is 0.900. The van der Waals surface area contributed by atoms with Crippen LogP contribution in [-0.4, -0.2) is 37.1 Å². The zero-order valence-electron chi connectivity index (χ0n) is 8.58. The lowest BCUT2D eigenvalue weighted by atomic mass is 10.2. The van der Waals surface area contributed by atoms with E-state index in [1.807, 2.05) is 0 Å². The summed E-state index contributed by atoms with van der Waals surface area (Å²) in [7, 11) is 1.47. The minimum absolute atomic E-state index is 0.0385. The highest BCUT2D eigenvalue weighted by Crippen LogP contribution is 2.18. The molecule has 0 saturated carbocycles. The topological polar surface area (TPSA) is 29.5 Å². The number of unbranched alkanes of at least 4 members (excludes halogenated alkanes) is 1. The normalized spacial score (nSPS) is 23.4. The number of carbonyl (C=O) groups excluding carboxylic acids is 1. The zero-order chi connectivity index (χ0) is 9.68. The first-order valence-electron chi connectivity index (χ1n) is 5.11. The van der Waals surface area contributed by atoms with E-state index in [1.165, 1.54) is 20.0 Å². The predicted octanol–water partition coefficient (Wildman–Crippen LogP) is 1.42. The lowest BCUT2D eigenvalue weighted by Crippen LogP contribution is -2.37. The van der Waals surface area contributed by atoms with E-state index in [0.717, 1.165) is 25.9 Å². The van der Waals surface area contributed by atoms with Crippen LogP contribution in [0.2, 0.25) is 0 Å². The molecule has 0 aromatic heterocycles. The van der Waals surface area contributed by atoms with Crippen molar-refractivity contribution in [3.8, 4) is 0 Å². The minimum atomic E-state index is -0.0615. The Hall–Kier alpha value is -0.570. The second-order valence-electron chi connectivity index (χ2n) is 3.57. The van der Waals surface area contributed by atoms with E-state index in [4.69, 9.17) is 4.74 Å². The number of hydrogen-bond donors (Lipinski definition) is 0. The Morgan fingerprint density at radius 3 is 3.00 bits per heavy atom. The number of methoxy groups -OCH3 is 1. The van der Waals surface area contributed by atoms with Crippen molar-refractivity contribution >= 4 is 5.97 Å². The molecule has 3 heteroatoms. The average molecular weight is 185 g/mol. The molecule has 1 fully saturated rings. The molecular formula is C10H19NO2. The molecule has 76 valence electrons. The summed E-state index contributed by atoms with van der Waals surface area (Å²) in [6, 6.07) is 0.0385. The summed E-state index contributed by atoms with van der Waals surface area (Å²) < 4.78 is 4.76. The molecule has 13 heavy (non-hydrogen) atoms. The first kappa shape index (κ1) is 10.5. The van der Waals surface area contributed by atoms with Crippen molar-refractivity contribution in [2.24, 2.45) is 0 Å². The van der Waals surface area contributed by atoms with Crippen molar-refractivity contribution in [2.45, 2.75) is 38.6 Å². The van der Waals surface area contributed by atoms with Crippen LogP contribution in [-0.2, 0) is 9.53 Å². The molecule has 1 aliphatic rings. The maximum absolute atomic E-state index is 11.3. The number of rotatable bonds is 4. The van der Waals surface area contributed by atoms with Gasteiger partial charge in [0.1, 0.15) is 6.04 Å². The quantitative estimate of drug-likeness (QED) is 0.620. The Balaban J connectivity index is 2.39. The van der Waals surface area contributed by atoms with E-state index < -0.39 is 0 Å². The molecule has 3 nitrogen and oxygen atoms in total. The summed E-state index contributed by atoms with van der Waals surface area (Å²) in [6.07, 6.45) is 4.46. The van der Waals surface area contributed by atoms with E-state index in [1.54, 1.807) is 0 Å². The summed E-state index contributed by atoms with van der Waals surface area (Å²) >= 11 is 0. The molecule has 1 rings (SSSR count). The van der Waals surface area contributed by atoms with Crippen molar-refractivity contribution in [3.63, 3.8) is 0 Å². The van der Waals surface area contributed by atoms with Gasteiger partial charge in [-0.1, -0.05) is 13.3 Å². The Kier molecular flexibility index (Phi) is 4.22. The van der Waals surface area contributed by atoms with E-state index in [9.17, 15) is 4.79 Å². The maximum Gasteiger partial charge on any atom is 0.323 e. The summed E-state index contributed by atoms with van der Waals surface area (Å²) in [5.74, 6) is -0.0615. The summed E-state index contributed by atoms with van der Waals surface area (Å²) in [4.78, 5) is 13.6. The van der Waals surface area contributed by atoms with Crippen LogP contribution in [0.4, 0.5) is 0 Å². The van der Waals surface area contributed by atoms with Crippen molar-refractivity contribution in [1.82, 2.24) is 4.90 Å². The van der Waals surface area contributed by atoms with Gasteiger partial charge in [-0.15, -0.1) is 0 Å². The van der Waals surface area contributed by atoms with Gasteiger partial charge in [0.2, 0.25) is 0 Å². The van der Waals surface area contributed by atoms with E-state index >= 15 is 0 Å². The molecule has 1 atom stereocenters. The molecule has 0 radical (unpaired) electrons. The number of nitrogens with zero attached hydrogens (tertiary/aromatic N) is 1. The van der Waals surface area contributed by atoms with Crippen molar-refractivity contribution in [1.29, 1.82) is 0 Å². The standard InChI is InChI=1S/C10H19NO2/c1-3-4-7-11-8-5-6-9(11)10(12)13-2/h9H,3-8H2,1-2H3/t9-/m1/s1. The summed E-state index contributed by atoms with van der Waals surface area (Å²) in [6.45, 7) is 4.26. The van der Waals surface area contributed by atoms with Crippen LogP contribution in [0.1, 0.15) is 32.6 Å². The maximum atomic E-state index is 11.3. The number of esters is 1. The van der Waals surface area contributed by atoms with Gasteiger partial charge < -0.3 is 4.74 Å². The fourth-order valence-corrected chi connectivity index (χ4v) is 1.86. The minimum Gasteiger partial charge on any atom is -0.468 e. The monoisotopic (exact) mass is 185 g/mol. The molecule has 0 spiro atoms. The summed E-state index contributed by atoms with van der Waals surface area (Å²) in [5, 5.41) is 0. The van der Waals surface area contributed by atoms with Gasteiger partial charge in [-0.2, -0.15) is 0 Å². The van der Waals surface area contributed by atoms with Crippen LogP contribution in [0.3, 0.4) is 0 Å². The largest absolute Gasteiger partial charge is 0.468 e. The molecule has 1 saturated heterocycles. The van der Waals surface area contributed by atoms with Crippen molar-refractivity contribution in [2.75, 3.05) is 20.2 Å². The molecule has 0 amide bonds. The van der Waals surface area contributed by atoms with Gasteiger partial charge in [-0.05, 0) is 32.4 Å². The fourth-order valence-electron chi connectivity index (χ4n) is 1.86. The van der Waals surface area contributed by atoms with Gasteiger partial charge in [0.25, 0.3) is 0 Å². The van der Waals surface area contributed by atoms with Crippen LogP contribution in [0.15, 0.2) is 0 Å². The Bertz CT molecular complexity index is 170. The van der Waals surface area contributed by atoms with Crippen LogP contribution in [0, 0.1) is 0 Å². The summed E-state index contributed by atoms with van der Waals surface area (Å²) in [5.41, 5.74) is 0. The number of ether oxygens (including phenoxy) is 1. The van der Waals surface area contributed by atoms with Gasteiger partial charge in [0.05, 0.1) is 7.11 Å². The SMILES string of the molecule is CCCCN1CCC[C@@H]1C(=O)OC. The van der Waals surface area contributed by atoms with Crippen LogP contribution < -0.4 is 0 Å². The average Bonchev–Trinajstić information content (AvgIpc) is 2.61. The molecule has 0 bridgehead atoms. The number of carbonyl (C=O) groups is 1. The number of hydrogen-bond acceptors (Lipinski definition) is 3. The molecule has 0 N–H and O–H groups in total. The Morgan fingerprint density at radius 1 is 1.62 bits per heavy atom.